The molecule has 1 atom stereocenters. The van der Waals surface area contributed by atoms with E-state index in [2.05, 4.69) is 43.4 Å². The number of benzene rings is 1. The molecule has 1 aliphatic heterocycles. The molecule has 1 fully saturated rings. The second kappa shape index (κ2) is 4.28. The Bertz CT molecular complexity index is 370. The fourth-order valence-electron chi connectivity index (χ4n) is 2.46. The second-order valence-corrected chi connectivity index (χ2v) is 4.78. The van der Waals surface area contributed by atoms with Crippen LogP contribution in [-0.2, 0) is 10.2 Å². The van der Waals surface area contributed by atoms with Crippen LogP contribution in [0.25, 0.3) is 0 Å². The zero-order valence-electron chi connectivity index (χ0n) is 10.0. The fourth-order valence-corrected chi connectivity index (χ4v) is 2.46. The minimum Gasteiger partial charge on any atom is -0.355 e. The van der Waals surface area contributed by atoms with Gasteiger partial charge in [0, 0.05) is 18.4 Å². The molecule has 1 aromatic carbocycles. The van der Waals surface area contributed by atoms with Crippen LogP contribution in [0, 0.1) is 6.92 Å². The Morgan fingerprint density at radius 2 is 2.00 bits per heavy atom. The normalized spacial score (nSPS) is 25.2. The lowest BCUT2D eigenvalue weighted by atomic mass is 9.72. The number of amides is 1. The lowest BCUT2D eigenvalue weighted by Gasteiger charge is -2.37. The van der Waals surface area contributed by atoms with Crippen LogP contribution in [0.3, 0.4) is 0 Å². The van der Waals surface area contributed by atoms with Gasteiger partial charge in [-0.3, -0.25) is 4.79 Å². The summed E-state index contributed by atoms with van der Waals surface area (Å²) < 4.78 is 0. The third-order valence-corrected chi connectivity index (χ3v) is 3.80. The number of aryl methyl sites for hydroxylation is 1. The molecule has 0 saturated carbocycles. The van der Waals surface area contributed by atoms with Crippen molar-refractivity contribution < 1.29 is 4.79 Å². The molecule has 1 amide bonds. The molecule has 2 nitrogen and oxygen atoms in total. The van der Waals surface area contributed by atoms with Crippen LogP contribution < -0.4 is 5.32 Å². The van der Waals surface area contributed by atoms with Crippen molar-refractivity contribution in [2.75, 3.05) is 6.54 Å². The van der Waals surface area contributed by atoms with Crippen molar-refractivity contribution in [1.29, 1.82) is 0 Å². The molecule has 16 heavy (non-hydrogen) atoms. The van der Waals surface area contributed by atoms with E-state index in [0.717, 1.165) is 19.4 Å². The SMILES string of the molecule is CCC1(c2ccc(C)cc2)CCC(=O)NC1. The number of nitrogens with one attached hydrogen (secondary N) is 1. The quantitative estimate of drug-likeness (QED) is 0.810. The Labute approximate surface area is 97.1 Å². The van der Waals surface area contributed by atoms with Crippen LogP contribution in [0.5, 0.6) is 0 Å². The average molecular weight is 217 g/mol. The van der Waals surface area contributed by atoms with E-state index in [1.54, 1.807) is 0 Å². The molecule has 1 N–H and O–H groups in total. The first kappa shape index (κ1) is 11.2. The Hall–Kier alpha value is -1.31. The monoisotopic (exact) mass is 217 g/mol. The summed E-state index contributed by atoms with van der Waals surface area (Å²) in [6.07, 6.45) is 2.70. The number of carbonyl (C=O) groups excluding carboxylic acids is 1. The highest BCUT2D eigenvalue weighted by molar-refractivity contribution is 5.77. The van der Waals surface area contributed by atoms with Crippen LogP contribution >= 0.6 is 0 Å². The van der Waals surface area contributed by atoms with Gasteiger partial charge in [-0.2, -0.15) is 0 Å². The number of rotatable bonds is 2. The molecule has 86 valence electrons. The van der Waals surface area contributed by atoms with Gasteiger partial charge in [-0.05, 0) is 25.3 Å². The van der Waals surface area contributed by atoms with Gasteiger partial charge in [0.1, 0.15) is 0 Å². The summed E-state index contributed by atoms with van der Waals surface area (Å²) in [6.45, 7) is 5.09. The largest absolute Gasteiger partial charge is 0.355 e. The number of hydrogen-bond acceptors (Lipinski definition) is 1. The predicted molar refractivity (Wildman–Crippen MR) is 65.4 cm³/mol. The van der Waals surface area contributed by atoms with Gasteiger partial charge < -0.3 is 5.32 Å². The summed E-state index contributed by atoms with van der Waals surface area (Å²) in [5.74, 6) is 0.191. The highest BCUT2D eigenvalue weighted by Gasteiger charge is 2.34. The van der Waals surface area contributed by atoms with E-state index in [1.165, 1.54) is 11.1 Å². The third kappa shape index (κ3) is 1.97. The van der Waals surface area contributed by atoms with Crippen LogP contribution in [0.15, 0.2) is 24.3 Å². The van der Waals surface area contributed by atoms with E-state index in [0.29, 0.717) is 6.42 Å². The zero-order chi connectivity index (χ0) is 11.6. The lowest BCUT2D eigenvalue weighted by molar-refractivity contribution is -0.123. The molecule has 0 aromatic heterocycles. The van der Waals surface area contributed by atoms with Gasteiger partial charge in [0.15, 0.2) is 0 Å². The number of hydrogen-bond donors (Lipinski definition) is 1. The first-order chi connectivity index (χ1) is 7.66. The summed E-state index contributed by atoms with van der Waals surface area (Å²) in [4.78, 5) is 11.2. The summed E-state index contributed by atoms with van der Waals surface area (Å²) in [5, 5.41) is 3.00. The lowest BCUT2D eigenvalue weighted by Crippen LogP contribution is -2.45. The second-order valence-electron chi connectivity index (χ2n) is 4.78. The molecule has 2 heteroatoms. The van der Waals surface area contributed by atoms with Crippen LogP contribution in [-0.4, -0.2) is 12.5 Å². The third-order valence-electron chi connectivity index (χ3n) is 3.80. The predicted octanol–water partition coefficient (Wildman–Crippen LogP) is 2.55. The maximum atomic E-state index is 11.2. The average Bonchev–Trinajstić information content (AvgIpc) is 2.32. The molecule has 1 aromatic rings. The van der Waals surface area contributed by atoms with Gasteiger partial charge >= 0.3 is 0 Å². The summed E-state index contributed by atoms with van der Waals surface area (Å²) >= 11 is 0. The highest BCUT2D eigenvalue weighted by Crippen LogP contribution is 2.34. The van der Waals surface area contributed by atoms with E-state index in [1.807, 2.05) is 0 Å². The van der Waals surface area contributed by atoms with E-state index >= 15 is 0 Å². The molecule has 1 heterocycles. The number of piperidine rings is 1. The summed E-state index contributed by atoms with van der Waals surface area (Å²) in [5.41, 5.74) is 2.80. The maximum Gasteiger partial charge on any atom is 0.220 e. The Balaban J connectivity index is 2.27. The molecule has 0 radical (unpaired) electrons. The topological polar surface area (TPSA) is 29.1 Å². The number of carbonyl (C=O) groups is 1. The standard InChI is InChI=1S/C14H19NO/c1-3-14(9-8-13(16)15-10-14)12-6-4-11(2)5-7-12/h4-7H,3,8-10H2,1-2H3,(H,15,16). The van der Waals surface area contributed by atoms with Crippen molar-refractivity contribution in [1.82, 2.24) is 5.32 Å². The van der Waals surface area contributed by atoms with Crippen LogP contribution in [0.2, 0.25) is 0 Å². The molecule has 1 saturated heterocycles. The van der Waals surface area contributed by atoms with Crippen molar-refractivity contribution in [3.8, 4) is 0 Å². The first-order valence-electron chi connectivity index (χ1n) is 6.00. The molecule has 0 spiro atoms. The van der Waals surface area contributed by atoms with Crippen molar-refractivity contribution in [2.45, 2.75) is 38.5 Å². The summed E-state index contributed by atoms with van der Waals surface area (Å²) in [6, 6.07) is 8.72. The first-order valence-corrected chi connectivity index (χ1v) is 6.00. The molecule has 1 aliphatic rings. The fraction of sp³-hybridized carbons (Fsp3) is 0.500. The summed E-state index contributed by atoms with van der Waals surface area (Å²) in [7, 11) is 0. The maximum absolute atomic E-state index is 11.2. The molecular weight excluding hydrogens is 198 g/mol. The molecule has 2 rings (SSSR count). The van der Waals surface area contributed by atoms with Crippen molar-refractivity contribution in [3.63, 3.8) is 0 Å². The van der Waals surface area contributed by atoms with Crippen molar-refractivity contribution in [3.05, 3.63) is 35.4 Å². The van der Waals surface area contributed by atoms with Gasteiger partial charge in [-0.25, -0.2) is 0 Å². The van der Waals surface area contributed by atoms with Crippen molar-refractivity contribution in [2.24, 2.45) is 0 Å². The van der Waals surface area contributed by atoms with Gasteiger partial charge in [-0.1, -0.05) is 36.8 Å². The van der Waals surface area contributed by atoms with E-state index < -0.39 is 0 Å². The van der Waals surface area contributed by atoms with Crippen LogP contribution in [0.4, 0.5) is 0 Å². The van der Waals surface area contributed by atoms with Crippen LogP contribution in [0.1, 0.15) is 37.3 Å². The minimum atomic E-state index is 0.154. The minimum absolute atomic E-state index is 0.154. The van der Waals surface area contributed by atoms with Gasteiger partial charge in [0.05, 0.1) is 0 Å². The molecular formula is C14H19NO. The van der Waals surface area contributed by atoms with E-state index in [-0.39, 0.29) is 11.3 Å². The Morgan fingerprint density at radius 3 is 2.50 bits per heavy atom. The highest BCUT2D eigenvalue weighted by atomic mass is 16.1. The molecule has 0 aliphatic carbocycles. The van der Waals surface area contributed by atoms with E-state index in [4.69, 9.17) is 0 Å². The van der Waals surface area contributed by atoms with E-state index in [9.17, 15) is 4.79 Å². The molecule has 0 bridgehead atoms. The zero-order valence-corrected chi connectivity index (χ0v) is 10.0. The van der Waals surface area contributed by atoms with Gasteiger partial charge in [0.25, 0.3) is 0 Å². The smallest absolute Gasteiger partial charge is 0.220 e. The Kier molecular flexibility index (Phi) is 2.99. The van der Waals surface area contributed by atoms with Crippen molar-refractivity contribution >= 4 is 5.91 Å². The van der Waals surface area contributed by atoms with Gasteiger partial charge in [0.2, 0.25) is 5.91 Å². The van der Waals surface area contributed by atoms with Gasteiger partial charge in [-0.15, -0.1) is 0 Å². The molecule has 1 unspecified atom stereocenters. The Morgan fingerprint density at radius 1 is 1.31 bits per heavy atom.